The molecule has 152 valence electrons. The van der Waals surface area contributed by atoms with Gasteiger partial charge in [0.1, 0.15) is 6.04 Å². The molecular formula is C20H18F3N3O2S. The number of benzene rings is 2. The van der Waals surface area contributed by atoms with Crippen molar-refractivity contribution >= 4 is 33.4 Å². The van der Waals surface area contributed by atoms with E-state index in [2.05, 4.69) is 10.3 Å². The minimum atomic E-state index is -4.56. The quantitative estimate of drug-likeness (QED) is 0.693. The molecule has 29 heavy (non-hydrogen) atoms. The first-order valence-corrected chi connectivity index (χ1v) is 9.53. The summed E-state index contributed by atoms with van der Waals surface area (Å²) in [5.74, 6) is -1.09. The van der Waals surface area contributed by atoms with Crippen LogP contribution in [0.1, 0.15) is 34.5 Å². The summed E-state index contributed by atoms with van der Waals surface area (Å²) in [6.45, 7) is 3.58. The van der Waals surface area contributed by atoms with Crippen LogP contribution >= 0.6 is 11.3 Å². The Morgan fingerprint density at radius 3 is 2.55 bits per heavy atom. The number of alkyl halides is 3. The van der Waals surface area contributed by atoms with Gasteiger partial charge in [-0.15, -0.1) is 0 Å². The molecule has 0 unspecified atom stereocenters. The van der Waals surface area contributed by atoms with E-state index in [1.165, 1.54) is 30.5 Å². The van der Waals surface area contributed by atoms with E-state index in [9.17, 15) is 22.8 Å². The summed E-state index contributed by atoms with van der Waals surface area (Å²) in [5.41, 5.74) is 0.617. The van der Waals surface area contributed by atoms with E-state index in [0.29, 0.717) is 5.52 Å². The molecule has 0 saturated heterocycles. The smallest absolute Gasteiger partial charge is 0.357 e. The SMILES string of the molecule is CNC(=O)[C@@H](C)n1c(=NC(=O)c2cccc(C(F)(F)F)c2)sc2cc(C)ccc21. The third-order valence-corrected chi connectivity index (χ3v) is 5.45. The minimum absolute atomic E-state index is 0.174. The van der Waals surface area contributed by atoms with Gasteiger partial charge in [-0.25, -0.2) is 0 Å². The molecule has 0 aliphatic rings. The molecule has 0 fully saturated rings. The summed E-state index contributed by atoms with van der Waals surface area (Å²) in [4.78, 5) is 29.1. The van der Waals surface area contributed by atoms with Crippen molar-refractivity contribution in [2.75, 3.05) is 7.05 Å². The number of halogens is 3. The lowest BCUT2D eigenvalue weighted by atomic mass is 10.1. The summed E-state index contributed by atoms with van der Waals surface area (Å²) in [6.07, 6.45) is -4.56. The van der Waals surface area contributed by atoms with Crippen LogP contribution in [0.15, 0.2) is 47.5 Å². The molecule has 9 heteroatoms. The average Bonchev–Trinajstić information content (AvgIpc) is 3.02. The largest absolute Gasteiger partial charge is 0.416 e. The summed E-state index contributed by atoms with van der Waals surface area (Å²) in [7, 11) is 1.50. The maximum absolute atomic E-state index is 12.9. The average molecular weight is 421 g/mol. The number of amides is 2. The number of nitrogens with zero attached hydrogens (tertiary/aromatic N) is 2. The first-order chi connectivity index (χ1) is 13.6. The van der Waals surface area contributed by atoms with E-state index in [4.69, 9.17) is 0 Å². The molecule has 1 atom stereocenters. The second-order valence-corrected chi connectivity index (χ2v) is 7.52. The summed E-state index contributed by atoms with van der Waals surface area (Å²) in [5, 5.41) is 2.56. The summed E-state index contributed by atoms with van der Waals surface area (Å²) >= 11 is 1.20. The van der Waals surface area contributed by atoms with Crippen LogP contribution in [0.25, 0.3) is 10.2 Å². The van der Waals surface area contributed by atoms with Gasteiger partial charge in [0.2, 0.25) is 5.91 Å². The molecule has 3 rings (SSSR count). The van der Waals surface area contributed by atoms with E-state index < -0.39 is 23.7 Å². The molecule has 0 bridgehead atoms. The van der Waals surface area contributed by atoms with Crippen LogP contribution in [-0.4, -0.2) is 23.4 Å². The molecule has 0 aliphatic carbocycles. The zero-order valence-corrected chi connectivity index (χ0v) is 16.7. The Hall–Kier alpha value is -2.94. The lowest BCUT2D eigenvalue weighted by molar-refractivity contribution is -0.137. The summed E-state index contributed by atoms with van der Waals surface area (Å²) in [6, 6.07) is 9.06. The highest BCUT2D eigenvalue weighted by Crippen LogP contribution is 2.29. The Morgan fingerprint density at radius 2 is 1.90 bits per heavy atom. The predicted octanol–water partition coefficient (Wildman–Crippen LogP) is 4.08. The van der Waals surface area contributed by atoms with Crippen molar-refractivity contribution in [1.29, 1.82) is 0 Å². The monoisotopic (exact) mass is 421 g/mol. The number of fused-ring (bicyclic) bond motifs is 1. The van der Waals surface area contributed by atoms with Gasteiger partial charge in [0.05, 0.1) is 15.8 Å². The first-order valence-electron chi connectivity index (χ1n) is 8.71. The van der Waals surface area contributed by atoms with Gasteiger partial charge in [0.25, 0.3) is 5.91 Å². The fourth-order valence-electron chi connectivity index (χ4n) is 2.91. The minimum Gasteiger partial charge on any atom is -0.357 e. The van der Waals surface area contributed by atoms with Gasteiger partial charge in [-0.1, -0.05) is 23.5 Å². The number of aryl methyl sites for hydroxylation is 1. The van der Waals surface area contributed by atoms with Gasteiger partial charge in [-0.2, -0.15) is 18.2 Å². The third kappa shape index (κ3) is 4.24. The van der Waals surface area contributed by atoms with E-state index in [-0.39, 0.29) is 16.3 Å². The number of hydrogen-bond acceptors (Lipinski definition) is 3. The maximum atomic E-state index is 12.9. The fraction of sp³-hybridized carbons (Fsp3) is 0.250. The molecule has 0 aliphatic heterocycles. The van der Waals surface area contributed by atoms with Crippen LogP contribution in [0.3, 0.4) is 0 Å². The van der Waals surface area contributed by atoms with E-state index in [1.807, 2.05) is 25.1 Å². The van der Waals surface area contributed by atoms with Gasteiger partial charge in [-0.05, 0) is 49.7 Å². The Kier molecular flexibility index (Phi) is 5.61. The van der Waals surface area contributed by atoms with Crippen molar-refractivity contribution in [3.05, 3.63) is 64.0 Å². The second-order valence-electron chi connectivity index (χ2n) is 6.51. The maximum Gasteiger partial charge on any atom is 0.416 e. The highest BCUT2D eigenvalue weighted by atomic mass is 32.1. The Labute approximate surface area is 168 Å². The number of carbonyl (C=O) groups excluding carboxylic acids is 2. The van der Waals surface area contributed by atoms with Crippen LogP contribution in [0.2, 0.25) is 0 Å². The van der Waals surface area contributed by atoms with E-state index in [0.717, 1.165) is 22.4 Å². The lowest BCUT2D eigenvalue weighted by Gasteiger charge is -2.13. The van der Waals surface area contributed by atoms with Crippen LogP contribution < -0.4 is 10.1 Å². The van der Waals surface area contributed by atoms with Crippen LogP contribution in [0, 0.1) is 6.92 Å². The van der Waals surface area contributed by atoms with Gasteiger partial charge in [0, 0.05) is 12.6 Å². The van der Waals surface area contributed by atoms with Crippen LogP contribution in [0.4, 0.5) is 13.2 Å². The van der Waals surface area contributed by atoms with Crippen LogP contribution in [0.5, 0.6) is 0 Å². The standard InChI is InChI=1S/C20H18F3N3O2S/c1-11-7-8-15-16(9-11)29-19(26(15)12(2)17(27)24-3)25-18(28)13-5-4-6-14(10-13)20(21,22)23/h4-10,12H,1-3H3,(H,24,27)/t12-/m1/s1. The lowest BCUT2D eigenvalue weighted by Crippen LogP contribution is -2.32. The highest BCUT2D eigenvalue weighted by Gasteiger charge is 2.31. The molecule has 1 N–H and O–H groups in total. The van der Waals surface area contributed by atoms with Crippen LogP contribution in [-0.2, 0) is 11.0 Å². The molecule has 0 spiro atoms. The number of nitrogens with one attached hydrogen (secondary N) is 1. The number of hydrogen-bond donors (Lipinski definition) is 1. The zero-order valence-electron chi connectivity index (χ0n) is 15.9. The number of thiazole rings is 1. The van der Waals surface area contributed by atoms with E-state index in [1.54, 1.807) is 11.5 Å². The van der Waals surface area contributed by atoms with Gasteiger partial charge >= 0.3 is 6.18 Å². The molecule has 2 aromatic carbocycles. The van der Waals surface area contributed by atoms with Gasteiger partial charge in [-0.3, -0.25) is 9.59 Å². The molecule has 2 amide bonds. The van der Waals surface area contributed by atoms with Crippen molar-refractivity contribution < 1.29 is 22.8 Å². The fourth-order valence-corrected chi connectivity index (χ4v) is 4.11. The van der Waals surface area contributed by atoms with Crippen molar-refractivity contribution in [2.45, 2.75) is 26.1 Å². The van der Waals surface area contributed by atoms with Crippen molar-refractivity contribution in [2.24, 2.45) is 4.99 Å². The second kappa shape index (κ2) is 7.82. The van der Waals surface area contributed by atoms with Crippen molar-refractivity contribution in [3.8, 4) is 0 Å². The zero-order chi connectivity index (χ0) is 21.3. The molecule has 5 nitrogen and oxygen atoms in total. The van der Waals surface area contributed by atoms with E-state index >= 15 is 0 Å². The number of likely N-dealkylation sites (N-methyl/N-ethyl adjacent to an activating group) is 1. The van der Waals surface area contributed by atoms with Crippen molar-refractivity contribution in [1.82, 2.24) is 9.88 Å². The number of carbonyl (C=O) groups is 2. The third-order valence-electron chi connectivity index (χ3n) is 4.43. The van der Waals surface area contributed by atoms with Crippen molar-refractivity contribution in [3.63, 3.8) is 0 Å². The molecule has 0 radical (unpaired) electrons. The van der Waals surface area contributed by atoms with Gasteiger partial charge < -0.3 is 9.88 Å². The molecule has 1 aromatic heterocycles. The topological polar surface area (TPSA) is 63.5 Å². The number of aromatic nitrogens is 1. The Balaban J connectivity index is 2.17. The molecular weight excluding hydrogens is 403 g/mol. The molecule has 0 saturated carbocycles. The predicted molar refractivity (Wildman–Crippen MR) is 105 cm³/mol. The molecule has 1 heterocycles. The summed E-state index contributed by atoms with van der Waals surface area (Å²) < 4.78 is 41.3. The molecule has 3 aromatic rings. The Bertz CT molecular complexity index is 1160. The normalized spacial score (nSPS) is 13.5. The van der Waals surface area contributed by atoms with Gasteiger partial charge in [0.15, 0.2) is 4.80 Å². The first kappa shape index (κ1) is 20.8. The Morgan fingerprint density at radius 1 is 1.17 bits per heavy atom. The highest BCUT2D eigenvalue weighted by molar-refractivity contribution is 7.16. The number of rotatable bonds is 3.